The summed E-state index contributed by atoms with van der Waals surface area (Å²) in [7, 11) is 0. The molecule has 0 aromatic rings. The van der Waals surface area contributed by atoms with Gasteiger partial charge in [-0.2, -0.15) is 0 Å². The predicted molar refractivity (Wildman–Crippen MR) is 141 cm³/mol. The molecule has 6 atom stereocenters. The summed E-state index contributed by atoms with van der Waals surface area (Å²) in [4.78, 5) is 12.0. The fourth-order valence-corrected chi connectivity index (χ4v) is 4.41. The summed E-state index contributed by atoms with van der Waals surface area (Å²) in [5.74, 6) is -0.366. The Bertz CT molecular complexity index is 546. The lowest BCUT2D eigenvalue weighted by molar-refractivity contribution is -0.305. The molecule has 1 heterocycles. The van der Waals surface area contributed by atoms with Gasteiger partial charge in [-0.3, -0.25) is 4.79 Å². The Morgan fingerprint density at radius 2 is 1.32 bits per heavy atom. The molecule has 1 saturated heterocycles. The van der Waals surface area contributed by atoms with Crippen LogP contribution >= 0.6 is 0 Å². The molecule has 220 valence electrons. The van der Waals surface area contributed by atoms with Crippen molar-refractivity contribution in [3.8, 4) is 0 Å². The van der Waals surface area contributed by atoms with Crippen LogP contribution in [-0.2, 0) is 23.7 Å². The van der Waals surface area contributed by atoms with Crippen molar-refractivity contribution in [2.75, 3.05) is 26.4 Å². The van der Waals surface area contributed by atoms with Crippen molar-refractivity contribution >= 4 is 5.97 Å². The van der Waals surface area contributed by atoms with Gasteiger partial charge in [-0.1, -0.05) is 90.9 Å². The molecule has 9 nitrogen and oxygen atoms in total. The van der Waals surface area contributed by atoms with E-state index in [9.17, 15) is 25.2 Å². The summed E-state index contributed by atoms with van der Waals surface area (Å²) < 4.78 is 22.1. The molecule has 0 amide bonds. The molecule has 6 unspecified atom stereocenters. The highest BCUT2D eigenvalue weighted by atomic mass is 16.7. The molecule has 1 fully saturated rings. The Morgan fingerprint density at radius 3 is 1.86 bits per heavy atom. The summed E-state index contributed by atoms with van der Waals surface area (Å²) in [5.41, 5.74) is 0. The first-order valence-electron chi connectivity index (χ1n) is 14.6. The fourth-order valence-electron chi connectivity index (χ4n) is 4.41. The van der Waals surface area contributed by atoms with Gasteiger partial charge in [0.05, 0.1) is 19.8 Å². The second-order valence-corrected chi connectivity index (χ2v) is 10.2. The van der Waals surface area contributed by atoms with Crippen LogP contribution in [0.4, 0.5) is 0 Å². The van der Waals surface area contributed by atoms with Crippen LogP contribution in [0.15, 0.2) is 0 Å². The third-order valence-corrected chi connectivity index (χ3v) is 6.74. The zero-order valence-electron chi connectivity index (χ0n) is 23.2. The van der Waals surface area contributed by atoms with Gasteiger partial charge < -0.3 is 39.4 Å². The van der Waals surface area contributed by atoms with Crippen LogP contribution in [-0.4, -0.2) is 89.6 Å². The van der Waals surface area contributed by atoms with Crippen LogP contribution in [0.2, 0.25) is 0 Å². The maximum absolute atomic E-state index is 12.0. The molecule has 9 heteroatoms. The molecule has 0 radical (unpaired) electrons. The van der Waals surface area contributed by atoms with E-state index in [0.717, 1.165) is 12.8 Å². The van der Waals surface area contributed by atoms with Crippen molar-refractivity contribution in [1.82, 2.24) is 0 Å². The van der Waals surface area contributed by atoms with Gasteiger partial charge >= 0.3 is 5.97 Å². The Morgan fingerprint density at radius 1 is 0.757 bits per heavy atom. The number of carbonyl (C=O) groups excluding carboxylic acids is 1. The van der Waals surface area contributed by atoms with Gasteiger partial charge in [0.2, 0.25) is 0 Å². The van der Waals surface area contributed by atoms with Gasteiger partial charge in [-0.15, -0.1) is 0 Å². The lowest BCUT2D eigenvalue weighted by atomic mass is 9.99. The fraction of sp³-hybridized carbons (Fsp3) is 0.964. The van der Waals surface area contributed by atoms with E-state index in [4.69, 9.17) is 18.9 Å². The summed E-state index contributed by atoms with van der Waals surface area (Å²) in [6.45, 7) is 4.18. The van der Waals surface area contributed by atoms with Crippen molar-refractivity contribution in [3.05, 3.63) is 0 Å². The maximum Gasteiger partial charge on any atom is 0.306 e. The number of ether oxygens (including phenoxy) is 4. The van der Waals surface area contributed by atoms with E-state index >= 15 is 0 Å². The summed E-state index contributed by atoms with van der Waals surface area (Å²) in [6, 6.07) is 0. The molecule has 1 aliphatic rings. The number of rotatable bonds is 23. The van der Waals surface area contributed by atoms with Crippen LogP contribution in [0.5, 0.6) is 0 Å². The van der Waals surface area contributed by atoms with Crippen molar-refractivity contribution in [3.63, 3.8) is 0 Å². The molecule has 0 spiro atoms. The Kier molecular flexibility index (Phi) is 20.4. The van der Waals surface area contributed by atoms with Gasteiger partial charge in [-0.25, -0.2) is 0 Å². The minimum Gasteiger partial charge on any atom is -0.457 e. The minimum atomic E-state index is -1.52. The van der Waals surface area contributed by atoms with E-state index in [0.29, 0.717) is 13.0 Å². The van der Waals surface area contributed by atoms with Crippen molar-refractivity contribution < 1.29 is 44.2 Å². The third kappa shape index (κ3) is 15.4. The topological polar surface area (TPSA) is 135 Å². The number of carbonyl (C=O) groups is 1. The molecule has 0 aromatic heterocycles. The van der Waals surface area contributed by atoms with Gasteiger partial charge in [0.1, 0.15) is 30.5 Å². The number of aliphatic hydroxyl groups excluding tert-OH is 4. The highest BCUT2D eigenvalue weighted by Gasteiger charge is 2.44. The first kappa shape index (κ1) is 34.2. The maximum atomic E-state index is 12.0. The van der Waals surface area contributed by atoms with Crippen LogP contribution in [0.25, 0.3) is 0 Å². The Hall–Kier alpha value is -0.810. The average molecular weight is 535 g/mol. The molecular formula is C28H54O9. The number of hydrogen-bond acceptors (Lipinski definition) is 9. The molecular weight excluding hydrogens is 480 g/mol. The highest BCUT2D eigenvalue weighted by molar-refractivity contribution is 5.69. The quantitative estimate of drug-likeness (QED) is 0.114. The lowest BCUT2D eigenvalue weighted by Crippen LogP contribution is -2.59. The number of esters is 1. The second-order valence-electron chi connectivity index (χ2n) is 10.2. The zero-order chi connectivity index (χ0) is 27.3. The summed E-state index contributed by atoms with van der Waals surface area (Å²) >= 11 is 0. The normalized spacial score (nSPS) is 24.8. The van der Waals surface area contributed by atoms with E-state index in [-0.39, 0.29) is 25.6 Å². The van der Waals surface area contributed by atoms with E-state index in [1.54, 1.807) is 0 Å². The monoisotopic (exact) mass is 534 g/mol. The van der Waals surface area contributed by atoms with Gasteiger partial charge in [-0.05, 0) is 12.8 Å². The van der Waals surface area contributed by atoms with E-state index in [2.05, 4.69) is 6.92 Å². The number of hydrogen-bond donors (Lipinski definition) is 4. The molecule has 1 aliphatic heterocycles. The smallest absolute Gasteiger partial charge is 0.306 e. The Balaban J connectivity index is 2.21. The van der Waals surface area contributed by atoms with Gasteiger partial charge in [0, 0.05) is 13.0 Å². The first-order valence-corrected chi connectivity index (χ1v) is 14.6. The molecule has 0 bridgehead atoms. The van der Waals surface area contributed by atoms with Crippen LogP contribution in [0.3, 0.4) is 0 Å². The van der Waals surface area contributed by atoms with Crippen LogP contribution in [0.1, 0.15) is 110 Å². The van der Waals surface area contributed by atoms with Gasteiger partial charge in [0.15, 0.2) is 6.29 Å². The average Bonchev–Trinajstić information content (AvgIpc) is 2.89. The van der Waals surface area contributed by atoms with Gasteiger partial charge in [0.25, 0.3) is 0 Å². The standard InChI is InChI=1S/C28H54O9/c1-3-5-6-7-8-9-10-11-12-13-14-15-16-18-34-20-22(36-24(30)17-4-2)21-35-28-27(33)26(32)25(31)23(19-29)37-28/h22-23,25-29,31-33H,3-21H2,1-2H3. The van der Waals surface area contributed by atoms with E-state index < -0.39 is 43.4 Å². The summed E-state index contributed by atoms with van der Waals surface area (Å²) in [6.07, 6.45) is 10.0. The Labute approximate surface area is 223 Å². The number of unbranched alkanes of at least 4 members (excludes halogenated alkanes) is 12. The zero-order valence-corrected chi connectivity index (χ0v) is 23.2. The molecule has 1 rings (SSSR count). The highest BCUT2D eigenvalue weighted by Crippen LogP contribution is 2.22. The van der Waals surface area contributed by atoms with Crippen molar-refractivity contribution in [1.29, 1.82) is 0 Å². The van der Waals surface area contributed by atoms with Crippen LogP contribution < -0.4 is 0 Å². The molecule has 0 aromatic carbocycles. The second kappa shape index (κ2) is 22.1. The SMILES string of the molecule is CCCCCCCCCCCCCCCOCC(COC1OC(CO)C(O)C(O)C1O)OC(=O)CCC. The van der Waals surface area contributed by atoms with Crippen molar-refractivity contribution in [2.45, 2.75) is 147 Å². The minimum absolute atomic E-state index is 0.114. The summed E-state index contributed by atoms with van der Waals surface area (Å²) in [5, 5.41) is 39.3. The first-order chi connectivity index (χ1) is 17.9. The largest absolute Gasteiger partial charge is 0.457 e. The molecule has 0 saturated carbocycles. The van der Waals surface area contributed by atoms with Crippen molar-refractivity contribution in [2.24, 2.45) is 0 Å². The van der Waals surface area contributed by atoms with E-state index in [1.807, 2.05) is 6.92 Å². The van der Waals surface area contributed by atoms with Crippen LogP contribution in [0, 0.1) is 0 Å². The third-order valence-electron chi connectivity index (χ3n) is 6.74. The number of aliphatic hydroxyl groups is 4. The van der Waals surface area contributed by atoms with E-state index in [1.165, 1.54) is 70.6 Å². The predicted octanol–water partition coefficient (Wildman–Crippen LogP) is 3.62. The lowest BCUT2D eigenvalue weighted by Gasteiger charge is -2.39. The molecule has 4 N–H and O–H groups in total. The molecule has 37 heavy (non-hydrogen) atoms. The molecule has 0 aliphatic carbocycles.